The molecule has 0 spiro atoms. The van der Waals surface area contributed by atoms with Crippen molar-refractivity contribution in [2.24, 2.45) is 0 Å². The van der Waals surface area contributed by atoms with E-state index in [-0.39, 0.29) is 0 Å². The zero-order valence-corrected chi connectivity index (χ0v) is 33.6. The minimum atomic E-state index is -1.16. The van der Waals surface area contributed by atoms with Gasteiger partial charge in [0.1, 0.15) is 11.5 Å². The van der Waals surface area contributed by atoms with Crippen LogP contribution >= 0.6 is 23.5 Å². The summed E-state index contributed by atoms with van der Waals surface area (Å²) in [7, 11) is 1.68. The molecular formula is C43H56O6S2. The Bertz CT molecular complexity index is 1640. The van der Waals surface area contributed by atoms with Crippen molar-refractivity contribution in [3.63, 3.8) is 0 Å². The van der Waals surface area contributed by atoms with Crippen LogP contribution in [0.4, 0.5) is 0 Å². The van der Waals surface area contributed by atoms with Crippen molar-refractivity contribution in [1.82, 2.24) is 0 Å². The zero-order valence-electron chi connectivity index (χ0n) is 31.9. The number of rotatable bonds is 21. The van der Waals surface area contributed by atoms with Crippen LogP contribution in [0.5, 0.6) is 11.5 Å². The average Bonchev–Trinajstić information content (AvgIpc) is 3.14. The number of thioether (sulfide) groups is 2. The highest BCUT2D eigenvalue weighted by atomic mass is 32.2. The van der Waals surface area contributed by atoms with Crippen LogP contribution in [-0.2, 0) is 36.9 Å². The van der Waals surface area contributed by atoms with Crippen molar-refractivity contribution in [2.75, 3.05) is 52.2 Å². The fraction of sp³-hybridized carbons (Fsp3) is 0.442. The van der Waals surface area contributed by atoms with E-state index < -0.39 is 11.6 Å². The Morgan fingerprint density at radius 3 is 1.75 bits per heavy atom. The van der Waals surface area contributed by atoms with Crippen LogP contribution in [0.1, 0.15) is 80.0 Å². The predicted octanol–water partition coefficient (Wildman–Crippen LogP) is 10.7. The monoisotopic (exact) mass is 732 g/mol. The van der Waals surface area contributed by atoms with Crippen LogP contribution in [0.15, 0.2) is 88.7 Å². The first kappa shape index (κ1) is 40.8. The van der Waals surface area contributed by atoms with E-state index in [9.17, 15) is 0 Å². The van der Waals surface area contributed by atoms with Gasteiger partial charge in [-0.05, 0) is 108 Å². The van der Waals surface area contributed by atoms with Crippen molar-refractivity contribution in [1.29, 1.82) is 0 Å². The third kappa shape index (κ3) is 9.53. The van der Waals surface area contributed by atoms with E-state index in [1.165, 1.54) is 9.79 Å². The van der Waals surface area contributed by atoms with E-state index in [0.717, 1.165) is 56.9 Å². The highest BCUT2D eigenvalue weighted by molar-refractivity contribution is 7.99. The lowest BCUT2D eigenvalue weighted by Gasteiger charge is -2.36. The Kier molecular flexibility index (Phi) is 15.8. The molecule has 4 aromatic rings. The summed E-state index contributed by atoms with van der Waals surface area (Å²) in [5, 5.41) is 0. The topological polar surface area (TPSA) is 55.4 Å². The molecule has 0 amide bonds. The summed E-state index contributed by atoms with van der Waals surface area (Å²) < 4.78 is 38.7. The molecule has 51 heavy (non-hydrogen) atoms. The van der Waals surface area contributed by atoms with Gasteiger partial charge < -0.3 is 28.4 Å². The van der Waals surface area contributed by atoms with Crippen LogP contribution < -0.4 is 9.47 Å². The first-order valence-corrected chi connectivity index (χ1v) is 20.3. The van der Waals surface area contributed by atoms with Crippen LogP contribution in [0.2, 0.25) is 0 Å². The fourth-order valence-corrected chi connectivity index (χ4v) is 7.66. The second-order valence-corrected chi connectivity index (χ2v) is 14.2. The standard InChI is InChI=1S/C43H56O6S2/c1-10-27-51-38-21-17-34(18-22-38)42(46-11-2,47-12-3)36-29-31(6)28-33(30-36)25-26-45-41-32(7)40(44-8)24-23-39(41)43(48-13-4,49-14-5)35-15-19-37(50-9)20-16-35/h15-24,28-30H,10-14,25-27H2,1-9H3. The third-order valence-corrected chi connectivity index (χ3v) is 10.6. The van der Waals surface area contributed by atoms with Gasteiger partial charge in [-0.15, -0.1) is 23.5 Å². The summed E-state index contributed by atoms with van der Waals surface area (Å²) in [5.74, 6) is 0.324. The molecule has 4 aromatic carbocycles. The summed E-state index contributed by atoms with van der Waals surface area (Å²) in [6.45, 7) is 16.7. The van der Waals surface area contributed by atoms with E-state index in [0.29, 0.717) is 45.2 Å². The SMILES string of the molecule is CCCSc1ccc(C(OCC)(OCC)c2cc(C)cc(CCOc3c(C(OCC)(OCC)c4ccc(SC)cc4)ccc(OC)c3C)c2)cc1. The molecule has 0 saturated carbocycles. The van der Waals surface area contributed by atoms with Gasteiger partial charge in [-0.1, -0.05) is 48.9 Å². The van der Waals surface area contributed by atoms with Gasteiger partial charge in [0, 0.05) is 64.9 Å². The Hall–Kier alpha value is -2.98. The Labute approximate surface area is 314 Å². The van der Waals surface area contributed by atoms with Crippen molar-refractivity contribution in [2.45, 2.75) is 82.7 Å². The molecule has 0 N–H and O–H groups in total. The van der Waals surface area contributed by atoms with Gasteiger partial charge in [0.2, 0.25) is 11.6 Å². The molecule has 0 radical (unpaired) electrons. The molecule has 0 fully saturated rings. The average molecular weight is 733 g/mol. The lowest BCUT2D eigenvalue weighted by molar-refractivity contribution is -0.213. The maximum Gasteiger partial charge on any atom is 0.225 e. The zero-order chi connectivity index (χ0) is 36.9. The van der Waals surface area contributed by atoms with Crippen LogP contribution in [0.25, 0.3) is 0 Å². The van der Waals surface area contributed by atoms with Crippen LogP contribution in [0.3, 0.4) is 0 Å². The number of aryl methyl sites for hydroxylation is 1. The molecule has 8 heteroatoms. The van der Waals surface area contributed by atoms with Gasteiger partial charge in [-0.25, -0.2) is 0 Å². The number of methoxy groups -OCH3 is 1. The molecule has 0 unspecified atom stereocenters. The lowest BCUT2D eigenvalue weighted by Crippen LogP contribution is -2.35. The van der Waals surface area contributed by atoms with E-state index >= 15 is 0 Å². The van der Waals surface area contributed by atoms with Gasteiger partial charge >= 0.3 is 0 Å². The lowest BCUT2D eigenvalue weighted by atomic mass is 9.93. The first-order chi connectivity index (χ1) is 24.7. The summed E-state index contributed by atoms with van der Waals surface area (Å²) in [5.41, 5.74) is 6.79. The van der Waals surface area contributed by atoms with Gasteiger partial charge in [-0.2, -0.15) is 0 Å². The second-order valence-electron chi connectivity index (χ2n) is 12.1. The predicted molar refractivity (Wildman–Crippen MR) is 212 cm³/mol. The summed E-state index contributed by atoms with van der Waals surface area (Å²) in [6, 6.07) is 27.5. The summed E-state index contributed by atoms with van der Waals surface area (Å²) in [4.78, 5) is 2.41. The summed E-state index contributed by atoms with van der Waals surface area (Å²) in [6.07, 6.45) is 3.86. The first-order valence-electron chi connectivity index (χ1n) is 18.1. The third-order valence-electron chi connectivity index (χ3n) is 8.65. The molecule has 6 nitrogen and oxygen atoms in total. The quantitative estimate of drug-likeness (QED) is 0.0620. The van der Waals surface area contributed by atoms with Gasteiger partial charge in [0.05, 0.1) is 19.3 Å². The van der Waals surface area contributed by atoms with Crippen molar-refractivity contribution < 1.29 is 28.4 Å². The number of ether oxygens (including phenoxy) is 6. The van der Waals surface area contributed by atoms with E-state index in [1.54, 1.807) is 18.9 Å². The van der Waals surface area contributed by atoms with E-state index in [2.05, 4.69) is 86.8 Å². The molecule has 0 aliphatic heterocycles. The van der Waals surface area contributed by atoms with Gasteiger partial charge in [0.15, 0.2) is 0 Å². The number of hydrogen-bond acceptors (Lipinski definition) is 8. The van der Waals surface area contributed by atoms with Crippen LogP contribution in [-0.4, -0.2) is 52.2 Å². The Morgan fingerprint density at radius 2 is 1.20 bits per heavy atom. The minimum Gasteiger partial charge on any atom is -0.496 e. The molecule has 0 aliphatic carbocycles. The molecule has 0 aromatic heterocycles. The fourth-order valence-electron chi connectivity index (χ4n) is 6.48. The molecule has 0 heterocycles. The molecular weight excluding hydrogens is 677 g/mol. The van der Waals surface area contributed by atoms with Gasteiger partial charge in [-0.3, -0.25) is 0 Å². The summed E-state index contributed by atoms with van der Waals surface area (Å²) >= 11 is 3.57. The van der Waals surface area contributed by atoms with Crippen molar-refractivity contribution >= 4 is 23.5 Å². The van der Waals surface area contributed by atoms with Crippen molar-refractivity contribution in [3.05, 3.63) is 118 Å². The molecule has 0 atom stereocenters. The smallest absolute Gasteiger partial charge is 0.225 e. The number of hydrogen-bond donors (Lipinski definition) is 0. The molecule has 276 valence electrons. The molecule has 0 aliphatic rings. The molecule has 0 bridgehead atoms. The van der Waals surface area contributed by atoms with Crippen LogP contribution in [0, 0.1) is 13.8 Å². The minimum absolute atomic E-state index is 0.420. The highest BCUT2D eigenvalue weighted by Gasteiger charge is 2.40. The van der Waals surface area contributed by atoms with Gasteiger partial charge in [0.25, 0.3) is 0 Å². The normalized spacial score (nSPS) is 11.9. The Morgan fingerprint density at radius 1 is 0.627 bits per heavy atom. The highest BCUT2D eigenvalue weighted by Crippen LogP contribution is 2.45. The largest absolute Gasteiger partial charge is 0.496 e. The molecule has 0 saturated heterocycles. The second kappa shape index (κ2) is 19.7. The number of benzene rings is 4. The maximum absolute atomic E-state index is 6.76. The van der Waals surface area contributed by atoms with E-state index in [1.807, 2.05) is 58.5 Å². The molecule has 4 rings (SSSR count). The Balaban J connectivity index is 1.72. The van der Waals surface area contributed by atoms with E-state index in [4.69, 9.17) is 28.4 Å². The van der Waals surface area contributed by atoms with Crippen molar-refractivity contribution in [3.8, 4) is 11.5 Å². The maximum atomic E-state index is 6.76.